The first-order chi connectivity index (χ1) is 11.1. The van der Waals surface area contributed by atoms with Crippen LogP contribution in [0.1, 0.15) is 17.2 Å². The highest BCUT2D eigenvalue weighted by Gasteiger charge is 2.43. The Morgan fingerprint density at radius 1 is 0.957 bits per heavy atom. The van der Waals surface area contributed by atoms with Crippen molar-refractivity contribution in [2.75, 3.05) is 6.61 Å². The van der Waals surface area contributed by atoms with E-state index in [9.17, 15) is 20.4 Å². The van der Waals surface area contributed by atoms with Gasteiger partial charge >= 0.3 is 0 Å². The molecule has 23 heavy (non-hydrogen) atoms. The van der Waals surface area contributed by atoms with Crippen molar-refractivity contribution in [2.24, 2.45) is 0 Å². The van der Waals surface area contributed by atoms with Crippen LogP contribution in [0, 0.1) is 0 Å². The van der Waals surface area contributed by atoms with E-state index in [4.69, 9.17) is 4.74 Å². The zero-order chi connectivity index (χ0) is 16.4. The highest BCUT2D eigenvalue weighted by atomic mass is 16.5. The van der Waals surface area contributed by atoms with Gasteiger partial charge in [0.1, 0.15) is 30.5 Å². The van der Waals surface area contributed by atoms with Crippen LogP contribution in [-0.2, 0) is 11.3 Å². The monoisotopic (exact) mass is 319 g/mol. The molecule has 0 saturated carbocycles. The quantitative estimate of drug-likeness (QED) is 0.639. The summed E-state index contributed by atoms with van der Waals surface area (Å²) in [7, 11) is 0. The van der Waals surface area contributed by atoms with Crippen LogP contribution in [0.4, 0.5) is 0 Å². The van der Waals surface area contributed by atoms with Gasteiger partial charge in [-0.3, -0.25) is 0 Å². The zero-order valence-electron chi connectivity index (χ0n) is 12.6. The lowest BCUT2D eigenvalue weighted by Gasteiger charge is -2.40. The maximum atomic E-state index is 10.2. The first-order valence-electron chi connectivity index (χ1n) is 7.60. The van der Waals surface area contributed by atoms with Crippen molar-refractivity contribution in [3.05, 3.63) is 59.9 Å². The van der Waals surface area contributed by atoms with E-state index in [1.54, 1.807) is 6.07 Å². The molecule has 0 amide bonds. The molecule has 6 nitrogen and oxygen atoms in total. The molecule has 0 bridgehead atoms. The molecule has 1 aliphatic rings. The average molecular weight is 319 g/mol. The van der Waals surface area contributed by atoms with Gasteiger partial charge in [0.05, 0.1) is 6.61 Å². The lowest BCUT2D eigenvalue weighted by molar-refractivity contribution is -0.231. The Morgan fingerprint density at radius 3 is 2.39 bits per heavy atom. The van der Waals surface area contributed by atoms with E-state index in [2.05, 4.69) is 0 Å². The Balaban J connectivity index is 1.82. The van der Waals surface area contributed by atoms with Crippen molar-refractivity contribution < 1.29 is 25.2 Å². The van der Waals surface area contributed by atoms with Crippen LogP contribution in [-0.4, -0.2) is 56.0 Å². The Bertz CT molecular complexity index is 628. The van der Waals surface area contributed by atoms with Crippen LogP contribution in [0.2, 0.25) is 0 Å². The Kier molecular flexibility index (Phi) is 4.79. The summed E-state index contributed by atoms with van der Waals surface area (Å²) < 4.78 is 7.61. The first kappa shape index (κ1) is 16.2. The van der Waals surface area contributed by atoms with Gasteiger partial charge in [-0.2, -0.15) is 0 Å². The lowest BCUT2D eigenvalue weighted by Crippen LogP contribution is -2.55. The Labute approximate surface area is 134 Å². The van der Waals surface area contributed by atoms with E-state index in [1.165, 1.54) is 0 Å². The first-order valence-corrected chi connectivity index (χ1v) is 7.60. The van der Waals surface area contributed by atoms with Crippen molar-refractivity contribution in [3.63, 3.8) is 0 Å². The van der Waals surface area contributed by atoms with Gasteiger partial charge in [0.2, 0.25) is 0 Å². The van der Waals surface area contributed by atoms with Crippen LogP contribution in [0.5, 0.6) is 0 Å². The van der Waals surface area contributed by atoms with Crippen LogP contribution in [0.3, 0.4) is 0 Å². The van der Waals surface area contributed by atoms with Gasteiger partial charge < -0.3 is 29.7 Å². The zero-order valence-corrected chi connectivity index (χ0v) is 12.6. The molecule has 0 aliphatic carbocycles. The number of aromatic nitrogens is 1. The fourth-order valence-corrected chi connectivity index (χ4v) is 2.93. The smallest absolute Gasteiger partial charge is 0.113 e. The average Bonchev–Trinajstić information content (AvgIpc) is 3.06. The molecule has 1 aromatic heterocycles. The molecule has 2 aromatic rings. The summed E-state index contributed by atoms with van der Waals surface area (Å²) in [5.41, 5.74) is 1.72. The summed E-state index contributed by atoms with van der Waals surface area (Å²) in [6.45, 7) is 0.253. The minimum absolute atomic E-state index is 0.426. The topological polar surface area (TPSA) is 95.1 Å². The molecule has 1 aromatic carbocycles. The molecule has 124 valence electrons. The number of hydrogen-bond donors (Lipinski definition) is 4. The predicted octanol–water partition coefficient (Wildman–Crippen LogP) is 0.0513. The van der Waals surface area contributed by atoms with Gasteiger partial charge in [-0.25, -0.2) is 0 Å². The molecule has 1 aliphatic heterocycles. The SMILES string of the molecule is OC[C@H]1O[C@@H](c2cccc(Cn3cccc3)c2)[C@H](O)C(O)[C@@H]1O. The summed E-state index contributed by atoms with van der Waals surface area (Å²) in [6.07, 6.45) is -1.73. The highest BCUT2D eigenvalue weighted by molar-refractivity contribution is 5.27. The molecule has 0 spiro atoms. The van der Waals surface area contributed by atoms with Gasteiger partial charge in [-0.1, -0.05) is 24.3 Å². The van der Waals surface area contributed by atoms with Crippen molar-refractivity contribution in [2.45, 2.75) is 37.1 Å². The number of benzene rings is 1. The summed E-state index contributed by atoms with van der Waals surface area (Å²) in [6, 6.07) is 11.4. The third-order valence-corrected chi connectivity index (χ3v) is 4.20. The van der Waals surface area contributed by atoms with Crippen molar-refractivity contribution in [3.8, 4) is 0 Å². The number of rotatable bonds is 4. The van der Waals surface area contributed by atoms with Gasteiger partial charge in [0.25, 0.3) is 0 Å². The number of ether oxygens (including phenoxy) is 1. The molecule has 1 saturated heterocycles. The molecule has 3 rings (SSSR count). The minimum Gasteiger partial charge on any atom is -0.394 e. The molecule has 2 heterocycles. The normalized spacial score (nSPS) is 31.2. The van der Waals surface area contributed by atoms with E-state index in [-0.39, 0.29) is 0 Å². The van der Waals surface area contributed by atoms with E-state index >= 15 is 0 Å². The van der Waals surface area contributed by atoms with E-state index in [0.29, 0.717) is 12.1 Å². The van der Waals surface area contributed by atoms with Crippen molar-refractivity contribution in [1.82, 2.24) is 4.57 Å². The van der Waals surface area contributed by atoms with Crippen LogP contribution in [0.15, 0.2) is 48.8 Å². The second-order valence-electron chi connectivity index (χ2n) is 5.85. The molecule has 4 N–H and O–H groups in total. The van der Waals surface area contributed by atoms with Gasteiger partial charge in [0, 0.05) is 18.9 Å². The fraction of sp³-hybridized carbons (Fsp3) is 0.412. The Morgan fingerprint density at radius 2 is 1.70 bits per heavy atom. The third-order valence-electron chi connectivity index (χ3n) is 4.20. The summed E-state index contributed by atoms with van der Waals surface area (Å²) in [5.74, 6) is 0. The highest BCUT2D eigenvalue weighted by Crippen LogP contribution is 2.32. The number of aliphatic hydroxyl groups excluding tert-OH is 4. The molecule has 1 unspecified atom stereocenters. The van der Waals surface area contributed by atoms with Crippen LogP contribution >= 0.6 is 0 Å². The van der Waals surface area contributed by atoms with E-state index in [0.717, 1.165) is 5.56 Å². The second-order valence-corrected chi connectivity index (χ2v) is 5.85. The van der Waals surface area contributed by atoms with Crippen LogP contribution < -0.4 is 0 Å². The molecule has 0 radical (unpaired) electrons. The van der Waals surface area contributed by atoms with Gasteiger partial charge in [-0.15, -0.1) is 0 Å². The van der Waals surface area contributed by atoms with E-state index < -0.39 is 37.1 Å². The predicted molar refractivity (Wildman–Crippen MR) is 82.7 cm³/mol. The summed E-state index contributed by atoms with van der Waals surface area (Å²) in [5, 5.41) is 39.2. The molecule has 6 heteroatoms. The molecular formula is C17H21NO5. The number of aliphatic hydroxyl groups is 4. The minimum atomic E-state index is -1.36. The van der Waals surface area contributed by atoms with Gasteiger partial charge in [0.15, 0.2) is 0 Å². The maximum Gasteiger partial charge on any atom is 0.113 e. The lowest BCUT2D eigenvalue weighted by atomic mass is 9.90. The number of hydrogen-bond acceptors (Lipinski definition) is 5. The standard InChI is InChI=1S/C17H21NO5/c19-10-13-14(20)15(21)16(22)17(23-13)12-5-3-4-11(8-12)9-18-6-1-2-7-18/h1-8,13-17,19-22H,9-10H2/t13-,14-,15?,16-,17+/m1/s1. The largest absolute Gasteiger partial charge is 0.394 e. The second kappa shape index (κ2) is 6.82. The number of nitrogens with zero attached hydrogens (tertiary/aromatic N) is 1. The third kappa shape index (κ3) is 3.31. The molecule has 1 fully saturated rings. The fourth-order valence-electron chi connectivity index (χ4n) is 2.93. The molecule has 5 atom stereocenters. The van der Waals surface area contributed by atoms with Gasteiger partial charge in [-0.05, 0) is 23.3 Å². The summed E-state index contributed by atoms with van der Waals surface area (Å²) >= 11 is 0. The molecular weight excluding hydrogens is 298 g/mol. The van der Waals surface area contributed by atoms with Crippen molar-refractivity contribution in [1.29, 1.82) is 0 Å². The Hall–Kier alpha value is -1.70. The van der Waals surface area contributed by atoms with E-state index in [1.807, 2.05) is 47.3 Å². The summed E-state index contributed by atoms with van der Waals surface area (Å²) in [4.78, 5) is 0. The van der Waals surface area contributed by atoms with Crippen molar-refractivity contribution >= 4 is 0 Å². The van der Waals surface area contributed by atoms with Crippen LogP contribution in [0.25, 0.3) is 0 Å². The maximum absolute atomic E-state index is 10.2.